The molecule has 0 fully saturated rings. The van der Waals surface area contributed by atoms with Gasteiger partial charge in [0.1, 0.15) is 5.75 Å². The number of aromatic nitrogens is 2. The average Bonchev–Trinajstić information content (AvgIpc) is 3.29. The molecule has 0 unspecified atom stereocenters. The van der Waals surface area contributed by atoms with Crippen LogP contribution in [0.15, 0.2) is 61.1 Å². The summed E-state index contributed by atoms with van der Waals surface area (Å²) >= 11 is 0. The molecule has 1 aliphatic rings. The smallest absolute Gasteiger partial charge is 0.261 e. The van der Waals surface area contributed by atoms with Gasteiger partial charge in [0.15, 0.2) is 0 Å². The lowest BCUT2D eigenvalue weighted by atomic mass is 10.1. The topological polar surface area (TPSA) is 75.3 Å². The number of aromatic amines is 1. The number of hydrogen-bond donors (Lipinski definition) is 1. The van der Waals surface area contributed by atoms with Crippen molar-refractivity contribution in [1.82, 2.24) is 14.9 Å². The van der Waals surface area contributed by atoms with E-state index in [1.165, 1.54) is 4.90 Å². The lowest BCUT2D eigenvalue weighted by Crippen LogP contribution is -2.31. The molecule has 6 heteroatoms. The van der Waals surface area contributed by atoms with Crippen molar-refractivity contribution in [2.45, 2.75) is 6.42 Å². The molecular weight excluding hydrogens is 330 g/mol. The summed E-state index contributed by atoms with van der Waals surface area (Å²) in [6.45, 7) is 0.733. The number of fused-ring (bicyclic) bond motifs is 1. The molecule has 3 aromatic rings. The molecule has 0 spiro atoms. The second-order valence-corrected chi connectivity index (χ2v) is 5.97. The molecule has 0 atom stereocenters. The van der Waals surface area contributed by atoms with Crippen LogP contribution in [0.3, 0.4) is 0 Å². The number of imide groups is 1. The van der Waals surface area contributed by atoms with Crippen molar-refractivity contribution in [3.8, 4) is 17.0 Å². The monoisotopic (exact) mass is 347 g/mol. The number of imidazole rings is 1. The van der Waals surface area contributed by atoms with E-state index in [4.69, 9.17) is 4.74 Å². The van der Waals surface area contributed by atoms with Gasteiger partial charge in [-0.15, -0.1) is 0 Å². The molecule has 26 heavy (non-hydrogen) atoms. The van der Waals surface area contributed by atoms with E-state index in [1.54, 1.807) is 36.8 Å². The summed E-state index contributed by atoms with van der Waals surface area (Å²) in [5.41, 5.74) is 2.75. The number of H-pyrrole nitrogens is 1. The molecule has 0 saturated carbocycles. The van der Waals surface area contributed by atoms with Crippen LogP contribution in [0.4, 0.5) is 0 Å². The van der Waals surface area contributed by atoms with Crippen LogP contribution in [0.2, 0.25) is 0 Å². The summed E-state index contributed by atoms with van der Waals surface area (Å²) in [6.07, 6.45) is 3.91. The maximum absolute atomic E-state index is 12.3. The number of carbonyl (C=O) groups excluding carboxylic acids is 2. The predicted octanol–water partition coefficient (Wildman–Crippen LogP) is 3.14. The number of benzene rings is 2. The fraction of sp³-hybridized carbons (Fsp3) is 0.150. The van der Waals surface area contributed by atoms with Gasteiger partial charge in [-0.1, -0.05) is 24.3 Å². The van der Waals surface area contributed by atoms with Gasteiger partial charge < -0.3 is 9.72 Å². The Morgan fingerprint density at radius 3 is 2.23 bits per heavy atom. The summed E-state index contributed by atoms with van der Waals surface area (Å²) in [6, 6.07) is 14.6. The van der Waals surface area contributed by atoms with Crippen molar-refractivity contribution < 1.29 is 14.3 Å². The van der Waals surface area contributed by atoms with Crippen molar-refractivity contribution in [2.75, 3.05) is 13.2 Å². The number of rotatable bonds is 6. The first kappa shape index (κ1) is 16.1. The largest absolute Gasteiger partial charge is 0.493 e. The Bertz CT molecular complexity index is 915. The molecule has 1 aromatic heterocycles. The average molecular weight is 347 g/mol. The fourth-order valence-electron chi connectivity index (χ4n) is 3.07. The summed E-state index contributed by atoms with van der Waals surface area (Å²) in [4.78, 5) is 33.0. The van der Waals surface area contributed by atoms with Crippen LogP contribution in [0.5, 0.6) is 5.75 Å². The normalized spacial score (nSPS) is 13.2. The Hall–Kier alpha value is -3.41. The third kappa shape index (κ3) is 2.86. The molecule has 2 heterocycles. The predicted molar refractivity (Wildman–Crippen MR) is 95.9 cm³/mol. The zero-order valence-electron chi connectivity index (χ0n) is 14.0. The van der Waals surface area contributed by atoms with Crippen LogP contribution in [-0.4, -0.2) is 39.8 Å². The second-order valence-electron chi connectivity index (χ2n) is 5.97. The molecule has 4 rings (SSSR count). The summed E-state index contributed by atoms with van der Waals surface area (Å²) in [5, 5.41) is 0. The minimum atomic E-state index is -0.233. The van der Waals surface area contributed by atoms with Crippen molar-refractivity contribution >= 4 is 11.8 Å². The number of para-hydroxylation sites is 1. The first-order chi connectivity index (χ1) is 12.8. The Morgan fingerprint density at radius 1 is 0.923 bits per heavy atom. The minimum absolute atomic E-state index is 0.233. The van der Waals surface area contributed by atoms with Gasteiger partial charge in [0.25, 0.3) is 11.8 Å². The van der Waals surface area contributed by atoms with Gasteiger partial charge in [-0.3, -0.25) is 14.5 Å². The second kappa shape index (κ2) is 6.84. The van der Waals surface area contributed by atoms with E-state index in [0.717, 1.165) is 17.0 Å². The first-order valence-electron chi connectivity index (χ1n) is 8.41. The number of hydrogen-bond acceptors (Lipinski definition) is 4. The van der Waals surface area contributed by atoms with E-state index in [-0.39, 0.29) is 11.8 Å². The summed E-state index contributed by atoms with van der Waals surface area (Å²) in [7, 11) is 0. The number of nitrogens with zero attached hydrogens (tertiary/aromatic N) is 2. The maximum Gasteiger partial charge on any atom is 0.261 e. The summed E-state index contributed by atoms with van der Waals surface area (Å²) < 4.78 is 5.87. The Balaban J connectivity index is 1.37. The van der Waals surface area contributed by atoms with Crippen LogP contribution in [0.1, 0.15) is 27.1 Å². The zero-order chi connectivity index (χ0) is 17.9. The molecule has 0 bridgehead atoms. The van der Waals surface area contributed by atoms with E-state index in [0.29, 0.717) is 30.7 Å². The van der Waals surface area contributed by atoms with E-state index >= 15 is 0 Å². The van der Waals surface area contributed by atoms with Crippen molar-refractivity contribution in [2.24, 2.45) is 0 Å². The van der Waals surface area contributed by atoms with E-state index in [9.17, 15) is 9.59 Å². The molecule has 6 nitrogen and oxygen atoms in total. The Kier molecular flexibility index (Phi) is 4.23. The zero-order valence-corrected chi connectivity index (χ0v) is 14.0. The van der Waals surface area contributed by atoms with Crippen molar-refractivity contribution in [3.63, 3.8) is 0 Å². The highest BCUT2D eigenvalue weighted by molar-refractivity contribution is 6.21. The third-order valence-corrected chi connectivity index (χ3v) is 4.34. The highest BCUT2D eigenvalue weighted by Crippen LogP contribution is 2.28. The van der Waals surface area contributed by atoms with Crippen LogP contribution >= 0.6 is 0 Å². The number of carbonyl (C=O) groups is 2. The van der Waals surface area contributed by atoms with Gasteiger partial charge in [0.05, 0.1) is 36.0 Å². The maximum atomic E-state index is 12.3. The molecule has 0 aliphatic carbocycles. The fourth-order valence-corrected chi connectivity index (χ4v) is 3.07. The lowest BCUT2D eigenvalue weighted by molar-refractivity contribution is 0.0647. The highest BCUT2D eigenvalue weighted by atomic mass is 16.5. The molecule has 2 amide bonds. The van der Waals surface area contributed by atoms with Gasteiger partial charge >= 0.3 is 0 Å². The lowest BCUT2D eigenvalue weighted by Gasteiger charge is -2.15. The standard InChI is InChI=1S/C20H17N3O3/c24-19-14-6-1-2-7-15(14)20(25)23(19)10-5-11-26-18-9-4-3-8-16(18)17-12-21-13-22-17/h1-4,6-9,12-13H,5,10-11H2,(H,21,22). The molecule has 1 N–H and O–H groups in total. The quantitative estimate of drug-likeness (QED) is 0.549. The summed E-state index contributed by atoms with van der Waals surface area (Å²) in [5.74, 6) is 0.269. The van der Waals surface area contributed by atoms with Gasteiger partial charge in [-0.05, 0) is 30.7 Å². The molecule has 1 aliphatic heterocycles. The van der Waals surface area contributed by atoms with Crippen molar-refractivity contribution in [3.05, 3.63) is 72.2 Å². The van der Waals surface area contributed by atoms with Gasteiger partial charge in [0, 0.05) is 12.1 Å². The van der Waals surface area contributed by atoms with Gasteiger partial charge in [-0.25, -0.2) is 4.98 Å². The van der Waals surface area contributed by atoms with Crippen LogP contribution < -0.4 is 4.74 Å². The molecular formula is C20H17N3O3. The number of amides is 2. The molecule has 2 aromatic carbocycles. The van der Waals surface area contributed by atoms with E-state index < -0.39 is 0 Å². The Morgan fingerprint density at radius 2 is 1.58 bits per heavy atom. The highest BCUT2D eigenvalue weighted by Gasteiger charge is 2.34. The SMILES string of the molecule is O=C1c2ccccc2C(=O)N1CCCOc1ccccc1-c1cnc[nH]1. The van der Waals surface area contributed by atoms with Crippen LogP contribution in [0.25, 0.3) is 11.3 Å². The molecule has 130 valence electrons. The van der Waals surface area contributed by atoms with Gasteiger partial charge in [0.2, 0.25) is 0 Å². The Labute approximate surface area is 150 Å². The number of ether oxygens (including phenoxy) is 1. The minimum Gasteiger partial charge on any atom is -0.493 e. The van der Waals surface area contributed by atoms with Crippen molar-refractivity contribution in [1.29, 1.82) is 0 Å². The first-order valence-corrected chi connectivity index (χ1v) is 8.41. The third-order valence-electron chi connectivity index (χ3n) is 4.34. The van der Waals surface area contributed by atoms with Crippen LogP contribution in [0, 0.1) is 0 Å². The van der Waals surface area contributed by atoms with E-state index in [2.05, 4.69) is 9.97 Å². The van der Waals surface area contributed by atoms with Crippen LogP contribution in [-0.2, 0) is 0 Å². The number of nitrogens with one attached hydrogen (secondary N) is 1. The molecule has 0 saturated heterocycles. The van der Waals surface area contributed by atoms with E-state index in [1.807, 2.05) is 24.3 Å². The van der Waals surface area contributed by atoms with Gasteiger partial charge in [-0.2, -0.15) is 0 Å². The molecule has 0 radical (unpaired) electrons.